The quantitative estimate of drug-likeness (QED) is 0.468. The van der Waals surface area contributed by atoms with Crippen molar-refractivity contribution >= 4 is 29.4 Å². The molecule has 11 nitrogen and oxygen atoms in total. The number of carbonyl (C=O) groups excluding carboxylic acids is 2. The number of ether oxygens (including phenoxy) is 1. The van der Waals surface area contributed by atoms with Crippen molar-refractivity contribution in [1.29, 1.82) is 0 Å². The topological polar surface area (TPSA) is 118 Å². The maximum Gasteiger partial charge on any atom is 0.416 e. The Morgan fingerprint density at radius 2 is 1.87 bits per heavy atom. The van der Waals surface area contributed by atoms with Crippen LogP contribution in [0.25, 0.3) is 0 Å². The summed E-state index contributed by atoms with van der Waals surface area (Å²) in [4.78, 5) is 33.7. The lowest BCUT2D eigenvalue weighted by molar-refractivity contribution is 0.102. The van der Waals surface area contributed by atoms with Crippen LogP contribution in [-0.4, -0.2) is 78.4 Å². The molecule has 1 atom stereocenters. The molecule has 3 aromatic rings. The number of nitrogens with zero attached hydrogens (tertiary/aromatic N) is 7. The van der Waals surface area contributed by atoms with E-state index in [-0.39, 0.29) is 11.8 Å². The summed E-state index contributed by atoms with van der Waals surface area (Å²) in [5, 5.41) is 15.5. The summed E-state index contributed by atoms with van der Waals surface area (Å²) in [5.74, 6) is 0.719. The number of hydrogen-bond donors (Lipinski definition) is 1. The normalized spacial score (nSPS) is 18.6. The van der Waals surface area contributed by atoms with Crippen molar-refractivity contribution in [1.82, 2.24) is 35.0 Å². The van der Waals surface area contributed by atoms with Gasteiger partial charge in [-0.3, -0.25) is 9.69 Å². The van der Waals surface area contributed by atoms with Gasteiger partial charge in [-0.15, -0.1) is 5.10 Å². The van der Waals surface area contributed by atoms with Crippen LogP contribution >= 0.6 is 11.8 Å². The highest BCUT2D eigenvalue weighted by Crippen LogP contribution is 2.28. The number of anilines is 1. The minimum absolute atomic E-state index is 0.191. The average molecular weight is 551 g/mol. The number of carbonyl (C=O) groups is 2. The second kappa shape index (κ2) is 12.6. The number of hydrogen-bond acceptors (Lipinski definition) is 9. The number of thioether (sulfide) groups is 1. The number of tetrazole rings is 1. The second-order valence-corrected chi connectivity index (χ2v) is 11.5. The first-order valence-electron chi connectivity index (χ1n) is 13.4. The number of benzene rings is 1. The molecule has 0 bridgehead atoms. The van der Waals surface area contributed by atoms with Crippen molar-refractivity contribution in [3.63, 3.8) is 0 Å². The highest BCUT2D eigenvalue weighted by Gasteiger charge is 2.26. The van der Waals surface area contributed by atoms with Crippen LogP contribution in [0.3, 0.4) is 0 Å². The Labute approximate surface area is 232 Å². The SMILES string of the molecule is CC1CCCN(Cc2ccc(C(=O)Nc3ccc(OC(=O)N4CCC(Sc5nnnn5C)CC4)nc3)cc2)C1. The molecule has 1 aromatic carbocycles. The van der Waals surface area contributed by atoms with Gasteiger partial charge in [0.15, 0.2) is 0 Å². The fourth-order valence-electron chi connectivity index (χ4n) is 4.95. The Kier molecular flexibility index (Phi) is 8.72. The molecule has 39 heavy (non-hydrogen) atoms. The van der Waals surface area contributed by atoms with Crippen LogP contribution in [0.1, 0.15) is 48.5 Å². The van der Waals surface area contributed by atoms with Gasteiger partial charge in [0.05, 0.1) is 11.9 Å². The summed E-state index contributed by atoms with van der Waals surface area (Å²) >= 11 is 1.63. The van der Waals surface area contributed by atoms with E-state index in [1.807, 2.05) is 31.3 Å². The average Bonchev–Trinajstić information content (AvgIpc) is 3.34. The third-order valence-electron chi connectivity index (χ3n) is 7.10. The van der Waals surface area contributed by atoms with Gasteiger partial charge in [0.2, 0.25) is 11.0 Å². The molecule has 0 aliphatic carbocycles. The number of aryl methyl sites for hydroxylation is 1. The standard InChI is InChI=1S/C27H34N8O3S/c1-19-4-3-13-34(17-19)18-20-5-7-21(8-6-20)25(36)29-22-9-10-24(28-16-22)38-27(37)35-14-11-23(12-15-35)39-26-30-31-32-33(26)2/h5-10,16,19,23H,3-4,11-15,17-18H2,1-2H3,(H,29,36). The zero-order chi connectivity index (χ0) is 27.2. The van der Waals surface area contributed by atoms with E-state index in [4.69, 9.17) is 4.74 Å². The maximum absolute atomic E-state index is 12.7. The fraction of sp³-hybridized carbons (Fsp3) is 0.481. The number of aromatic nitrogens is 5. The zero-order valence-electron chi connectivity index (χ0n) is 22.3. The van der Waals surface area contributed by atoms with Gasteiger partial charge >= 0.3 is 6.09 Å². The number of nitrogens with one attached hydrogen (secondary N) is 1. The number of likely N-dealkylation sites (tertiary alicyclic amines) is 2. The third kappa shape index (κ3) is 7.33. The number of piperidine rings is 2. The smallest absolute Gasteiger partial charge is 0.391 e. The van der Waals surface area contributed by atoms with E-state index in [0.717, 1.165) is 43.6 Å². The minimum atomic E-state index is -0.429. The highest BCUT2D eigenvalue weighted by molar-refractivity contribution is 7.99. The molecule has 4 heterocycles. The van der Waals surface area contributed by atoms with E-state index < -0.39 is 6.09 Å². The molecule has 5 rings (SSSR count). The van der Waals surface area contributed by atoms with Crippen molar-refractivity contribution < 1.29 is 14.3 Å². The Hall–Kier alpha value is -3.51. The number of rotatable bonds is 7. The van der Waals surface area contributed by atoms with E-state index in [1.165, 1.54) is 24.6 Å². The van der Waals surface area contributed by atoms with Crippen LogP contribution in [0.2, 0.25) is 0 Å². The summed E-state index contributed by atoms with van der Waals surface area (Å²) in [6.45, 7) is 6.65. The van der Waals surface area contributed by atoms with Crippen molar-refractivity contribution in [3.8, 4) is 5.88 Å². The van der Waals surface area contributed by atoms with E-state index in [9.17, 15) is 9.59 Å². The van der Waals surface area contributed by atoms with Crippen molar-refractivity contribution in [2.24, 2.45) is 13.0 Å². The van der Waals surface area contributed by atoms with Crippen molar-refractivity contribution in [3.05, 3.63) is 53.7 Å². The molecular formula is C27H34N8O3S. The van der Waals surface area contributed by atoms with Gasteiger partial charge in [-0.25, -0.2) is 14.5 Å². The van der Waals surface area contributed by atoms with Gasteiger partial charge in [0, 0.05) is 50.1 Å². The van der Waals surface area contributed by atoms with Crippen LogP contribution in [0.5, 0.6) is 5.88 Å². The first-order chi connectivity index (χ1) is 18.9. The monoisotopic (exact) mass is 550 g/mol. The lowest BCUT2D eigenvalue weighted by Gasteiger charge is -2.30. The number of pyridine rings is 1. The van der Waals surface area contributed by atoms with Crippen molar-refractivity contribution in [2.45, 2.75) is 49.6 Å². The zero-order valence-corrected chi connectivity index (χ0v) is 23.1. The molecule has 2 saturated heterocycles. The van der Waals surface area contributed by atoms with E-state index >= 15 is 0 Å². The first-order valence-corrected chi connectivity index (χ1v) is 14.3. The Morgan fingerprint density at radius 3 is 2.54 bits per heavy atom. The molecule has 2 aromatic heterocycles. The molecule has 2 amide bonds. The molecule has 1 N–H and O–H groups in total. The van der Waals surface area contributed by atoms with Crippen LogP contribution in [0, 0.1) is 5.92 Å². The molecule has 0 spiro atoms. The van der Waals surface area contributed by atoms with Gasteiger partial charge in [-0.2, -0.15) is 0 Å². The summed E-state index contributed by atoms with van der Waals surface area (Å²) in [6.07, 6.45) is 5.25. The van der Waals surface area contributed by atoms with Gasteiger partial charge in [0.1, 0.15) is 0 Å². The molecule has 206 valence electrons. The van der Waals surface area contributed by atoms with E-state index in [0.29, 0.717) is 29.6 Å². The minimum Gasteiger partial charge on any atom is -0.391 e. The summed E-state index contributed by atoms with van der Waals surface area (Å²) < 4.78 is 7.11. The van der Waals surface area contributed by atoms with Crippen LogP contribution in [-0.2, 0) is 13.6 Å². The maximum atomic E-state index is 12.7. The van der Waals surface area contributed by atoms with Gasteiger partial charge in [-0.05, 0) is 72.3 Å². The van der Waals surface area contributed by atoms with E-state index in [2.05, 4.69) is 37.6 Å². The summed E-state index contributed by atoms with van der Waals surface area (Å²) in [5.41, 5.74) is 2.32. The summed E-state index contributed by atoms with van der Waals surface area (Å²) in [7, 11) is 1.81. The Morgan fingerprint density at radius 1 is 1.08 bits per heavy atom. The fourth-order valence-corrected chi connectivity index (χ4v) is 5.97. The molecule has 2 aliphatic rings. The highest BCUT2D eigenvalue weighted by atomic mass is 32.2. The molecule has 12 heteroatoms. The van der Waals surface area contributed by atoms with Crippen LogP contribution < -0.4 is 10.1 Å². The number of amides is 2. The molecule has 2 aliphatic heterocycles. The van der Waals surface area contributed by atoms with Crippen LogP contribution in [0.4, 0.5) is 10.5 Å². The van der Waals surface area contributed by atoms with Crippen molar-refractivity contribution in [2.75, 3.05) is 31.5 Å². The predicted octanol–water partition coefficient (Wildman–Crippen LogP) is 3.84. The van der Waals surface area contributed by atoms with Gasteiger partial charge < -0.3 is 15.0 Å². The van der Waals surface area contributed by atoms with Gasteiger partial charge in [-0.1, -0.05) is 30.8 Å². The second-order valence-electron chi connectivity index (χ2n) is 10.3. The summed E-state index contributed by atoms with van der Waals surface area (Å²) in [6, 6.07) is 11.0. The molecule has 0 radical (unpaired) electrons. The lowest BCUT2D eigenvalue weighted by atomic mass is 9.99. The largest absolute Gasteiger partial charge is 0.416 e. The van der Waals surface area contributed by atoms with Gasteiger partial charge in [0.25, 0.3) is 5.91 Å². The third-order valence-corrected chi connectivity index (χ3v) is 8.46. The molecular weight excluding hydrogens is 516 g/mol. The predicted molar refractivity (Wildman–Crippen MR) is 148 cm³/mol. The molecule has 1 unspecified atom stereocenters. The Bertz CT molecular complexity index is 1260. The molecule has 2 fully saturated rings. The lowest BCUT2D eigenvalue weighted by Crippen LogP contribution is -2.41. The van der Waals surface area contributed by atoms with Crippen LogP contribution in [0.15, 0.2) is 47.8 Å². The first kappa shape index (κ1) is 27.1. The van der Waals surface area contributed by atoms with E-state index in [1.54, 1.807) is 33.5 Å². The Balaban J connectivity index is 1.06. The molecule has 0 saturated carbocycles.